The average molecular weight is 335 g/mol. The number of hydrogen-bond donors (Lipinski definition) is 1. The summed E-state index contributed by atoms with van der Waals surface area (Å²) >= 11 is 7.21. The lowest BCUT2D eigenvalue weighted by molar-refractivity contribution is -0.121. The van der Waals surface area contributed by atoms with Crippen molar-refractivity contribution in [1.82, 2.24) is 5.43 Å². The fraction of sp³-hybridized carbons (Fsp3) is 0.500. The molecule has 0 spiro atoms. The zero-order valence-electron chi connectivity index (χ0n) is 10.9. The average Bonchev–Trinajstić information content (AvgIpc) is 2.92. The monoisotopic (exact) mass is 334 g/mol. The van der Waals surface area contributed by atoms with Crippen LogP contribution in [0.5, 0.6) is 0 Å². The Kier molecular flexibility index (Phi) is 4.82. The molecule has 1 aromatic rings. The Bertz CT molecular complexity index is 637. The van der Waals surface area contributed by atoms with Crippen molar-refractivity contribution in [3.8, 4) is 0 Å². The van der Waals surface area contributed by atoms with Crippen LogP contribution in [0.4, 0.5) is 0 Å². The molecule has 2 rings (SSSR count). The first-order valence-electron chi connectivity index (χ1n) is 6.15. The van der Waals surface area contributed by atoms with Gasteiger partial charge >= 0.3 is 0 Å². The van der Waals surface area contributed by atoms with Crippen LogP contribution in [0.15, 0.2) is 17.2 Å². The SMILES string of the molecule is C/C(=N/NC(=O)C[C@H]1CCS(=O)(=O)C1)c1ccc(Cl)s1. The van der Waals surface area contributed by atoms with Crippen LogP contribution in [-0.4, -0.2) is 31.5 Å². The molecule has 5 nitrogen and oxygen atoms in total. The minimum absolute atomic E-state index is 0.0910. The van der Waals surface area contributed by atoms with E-state index >= 15 is 0 Å². The van der Waals surface area contributed by atoms with Gasteiger partial charge in [-0.2, -0.15) is 5.10 Å². The number of hydrogen-bond acceptors (Lipinski definition) is 5. The first kappa shape index (κ1) is 15.5. The third kappa shape index (κ3) is 4.29. The van der Waals surface area contributed by atoms with Gasteiger partial charge in [-0.25, -0.2) is 13.8 Å². The molecule has 0 aliphatic carbocycles. The Labute approximate surface area is 126 Å². The van der Waals surface area contributed by atoms with Crippen molar-refractivity contribution in [2.24, 2.45) is 11.0 Å². The van der Waals surface area contributed by atoms with E-state index in [4.69, 9.17) is 11.6 Å². The molecule has 0 saturated carbocycles. The van der Waals surface area contributed by atoms with Gasteiger partial charge in [0.2, 0.25) is 5.91 Å². The maximum Gasteiger partial charge on any atom is 0.240 e. The molecule has 110 valence electrons. The van der Waals surface area contributed by atoms with Crippen molar-refractivity contribution >= 4 is 44.4 Å². The molecule has 1 atom stereocenters. The largest absolute Gasteiger partial charge is 0.273 e. The molecular formula is C12H15ClN2O3S2. The Morgan fingerprint density at radius 2 is 2.30 bits per heavy atom. The Morgan fingerprint density at radius 3 is 2.85 bits per heavy atom. The molecule has 8 heteroatoms. The highest BCUT2D eigenvalue weighted by atomic mass is 35.5. The third-order valence-electron chi connectivity index (χ3n) is 3.08. The van der Waals surface area contributed by atoms with Crippen molar-refractivity contribution in [2.75, 3.05) is 11.5 Å². The van der Waals surface area contributed by atoms with Gasteiger partial charge < -0.3 is 0 Å². The molecule has 1 aromatic heterocycles. The summed E-state index contributed by atoms with van der Waals surface area (Å²) in [5.74, 6) is -0.0642. The number of nitrogens with zero attached hydrogens (tertiary/aromatic N) is 1. The number of sulfone groups is 1. The van der Waals surface area contributed by atoms with Crippen molar-refractivity contribution in [3.63, 3.8) is 0 Å². The molecule has 0 radical (unpaired) electrons. The lowest BCUT2D eigenvalue weighted by Gasteiger charge is -2.06. The first-order chi connectivity index (χ1) is 9.35. The van der Waals surface area contributed by atoms with Gasteiger partial charge in [-0.3, -0.25) is 4.79 Å². The third-order valence-corrected chi connectivity index (χ3v) is 6.26. The summed E-state index contributed by atoms with van der Waals surface area (Å²) in [4.78, 5) is 12.6. The summed E-state index contributed by atoms with van der Waals surface area (Å²) in [6, 6.07) is 3.60. The van der Waals surface area contributed by atoms with Crippen LogP contribution in [0.3, 0.4) is 0 Å². The van der Waals surface area contributed by atoms with Crippen molar-refractivity contribution in [3.05, 3.63) is 21.3 Å². The van der Waals surface area contributed by atoms with Gasteiger partial charge in [0.25, 0.3) is 0 Å². The van der Waals surface area contributed by atoms with E-state index in [0.29, 0.717) is 16.5 Å². The molecule has 1 N–H and O–H groups in total. The Hall–Kier alpha value is -0.920. The predicted octanol–water partition coefficient (Wildman–Crippen LogP) is 2.07. The van der Waals surface area contributed by atoms with Gasteiger partial charge in [0.1, 0.15) is 0 Å². The Balaban J connectivity index is 1.86. The van der Waals surface area contributed by atoms with Crippen LogP contribution in [0, 0.1) is 5.92 Å². The zero-order valence-corrected chi connectivity index (χ0v) is 13.3. The summed E-state index contributed by atoms with van der Waals surface area (Å²) in [5, 5.41) is 4.01. The molecule has 1 aliphatic heterocycles. The highest BCUT2D eigenvalue weighted by Crippen LogP contribution is 2.22. The number of halogens is 1. The van der Waals surface area contributed by atoms with E-state index in [1.165, 1.54) is 11.3 Å². The van der Waals surface area contributed by atoms with Crippen LogP contribution in [0.2, 0.25) is 4.34 Å². The van der Waals surface area contributed by atoms with Gasteiger partial charge in [-0.05, 0) is 31.4 Å². The van der Waals surface area contributed by atoms with E-state index in [0.717, 1.165) is 4.88 Å². The van der Waals surface area contributed by atoms with Crippen LogP contribution >= 0.6 is 22.9 Å². The summed E-state index contributed by atoms with van der Waals surface area (Å²) < 4.78 is 23.3. The standard InChI is InChI=1S/C12H15ClN2O3S2/c1-8(10-2-3-11(13)19-10)14-15-12(16)6-9-4-5-20(17,18)7-9/h2-3,9H,4-7H2,1H3,(H,15,16)/b14-8-/t9-/m1/s1. The normalized spacial score (nSPS) is 21.9. The summed E-state index contributed by atoms with van der Waals surface area (Å²) in [7, 11) is -2.94. The lowest BCUT2D eigenvalue weighted by atomic mass is 10.1. The fourth-order valence-corrected chi connectivity index (χ4v) is 4.90. The highest BCUT2D eigenvalue weighted by Gasteiger charge is 2.29. The topological polar surface area (TPSA) is 75.6 Å². The number of nitrogens with one attached hydrogen (secondary N) is 1. The molecule has 20 heavy (non-hydrogen) atoms. The Morgan fingerprint density at radius 1 is 1.55 bits per heavy atom. The van der Waals surface area contributed by atoms with Gasteiger partial charge in [-0.15, -0.1) is 11.3 Å². The highest BCUT2D eigenvalue weighted by molar-refractivity contribution is 7.91. The molecule has 0 aromatic carbocycles. The maximum absolute atomic E-state index is 11.7. The van der Waals surface area contributed by atoms with Gasteiger partial charge in [0.15, 0.2) is 9.84 Å². The lowest BCUT2D eigenvalue weighted by Crippen LogP contribution is -2.22. The number of carbonyl (C=O) groups is 1. The predicted molar refractivity (Wildman–Crippen MR) is 81.1 cm³/mol. The molecule has 1 aliphatic rings. The van der Waals surface area contributed by atoms with Crippen LogP contribution in [0.1, 0.15) is 24.6 Å². The van der Waals surface area contributed by atoms with E-state index in [-0.39, 0.29) is 29.8 Å². The van der Waals surface area contributed by atoms with Gasteiger partial charge in [0.05, 0.1) is 26.4 Å². The minimum atomic E-state index is -2.94. The molecule has 2 heterocycles. The number of rotatable bonds is 4. The zero-order chi connectivity index (χ0) is 14.8. The van der Waals surface area contributed by atoms with Gasteiger partial charge in [-0.1, -0.05) is 11.6 Å². The molecule has 1 amide bonds. The van der Waals surface area contributed by atoms with Crippen molar-refractivity contribution < 1.29 is 13.2 Å². The minimum Gasteiger partial charge on any atom is -0.273 e. The quantitative estimate of drug-likeness (QED) is 0.676. The molecule has 0 unspecified atom stereocenters. The smallest absolute Gasteiger partial charge is 0.240 e. The molecular weight excluding hydrogens is 320 g/mol. The number of carbonyl (C=O) groups excluding carboxylic acids is 1. The molecule has 1 saturated heterocycles. The van der Waals surface area contributed by atoms with Crippen LogP contribution in [-0.2, 0) is 14.6 Å². The fourth-order valence-electron chi connectivity index (χ4n) is 2.05. The van der Waals surface area contributed by atoms with Crippen LogP contribution < -0.4 is 5.43 Å². The summed E-state index contributed by atoms with van der Waals surface area (Å²) in [6.45, 7) is 1.78. The molecule has 1 fully saturated rings. The second-order valence-electron chi connectivity index (χ2n) is 4.81. The second kappa shape index (κ2) is 6.24. The van der Waals surface area contributed by atoms with E-state index in [9.17, 15) is 13.2 Å². The maximum atomic E-state index is 11.7. The van der Waals surface area contributed by atoms with E-state index in [2.05, 4.69) is 10.5 Å². The number of thiophene rings is 1. The van der Waals surface area contributed by atoms with Crippen LogP contribution in [0.25, 0.3) is 0 Å². The van der Waals surface area contributed by atoms with E-state index in [1.54, 1.807) is 13.0 Å². The second-order valence-corrected chi connectivity index (χ2v) is 8.75. The number of amides is 1. The van der Waals surface area contributed by atoms with Crippen molar-refractivity contribution in [1.29, 1.82) is 0 Å². The number of hydrazone groups is 1. The molecule has 0 bridgehead atoms. The van der Waals surface area contributed by atoms with E-state index < -0.39 is 9.84 Å². The first-order valence-corrected chi connectivity index (χ1v) is 9.16. The summed E-state index contributed by atoms with van der Waals surface area (Å²) in [5.41, 5.74) is 3.14. The van der Waals surface area contributed by atoms with Crippen molar-refractivity contribution in [2.45, 2.75) is 19.8 Å². The summed E-state index contributed by atoms with van der Waals surface area (Å²) in [6.07, 6.45) is 0.750. The van der Waals surface area contributed by atoms with Gasteiger partial charge in [0, 0.05) is 6.42 Å². The van der Waals surface area contributed by atoms with E-state index in [1.807, 2.05) is 6.07 Å².